The summed E-state index contributed by atoms with van der Waals surface area (Å²) in [4.78, 5) is 38.7. The predicted octanol–water partition coefficient (Wildman–Crippen LogP) is 2.06. The molecule has 4 rings (SSSR count). The fourth-order valence-electron chi connectivity index (χ4n) is 5.42. The van der Waals surface area contributed by atoms with E-state index in [1.165, 1.54) is 11.3 Å². The number of nitrogens with zero attached hydrogens (tertiary/aromatic N) is 1. The molecule has 3 saturated carbocycles. The second kappa shape index (κ2) is 3.50. The van der Waals surface area contributed by atoms with E-state index in [1.807, 2.05) is 0 Å². The number of urea groups is 1. The first kappa shape index (κ1) is 13.3. The van der Waals surface area contributed by atoms with Crippen molar-refractivity contribution in [2.75, 3.05) is 0 Å². The molecule has 21 heavy (non-hydrogen) atoms. The molecule has 0 aromatic heterocycles. The number of hydrogen-bond donors (Lipinski definition) is 1. The molecule has 114 valence electrons. The van der Waals surface area contributed by atoms with Gasteiger partial charge < -0.3 is 0 Å². The Kier molecular flexibility index (Phi) is 2.21. The summed E-state index contributed by atoms with van der Waals surface area (Å²) in [5.41, 5.74) is -1.00. The molecule has 0 aromatic rings. The summed E-state index contributed by atoms with van der Waals surface area (Å²) in [6.07, 6.45) is 4.46. The molecule has 2 bridgehead atoms. The Hall–Kier alpha value is -1.39. The summed E-state index contributed by atoms with van der Waals surface area (Å²) in [5.74, 6) is -0.0798. The Labute approximate surface area is 124 Å². The first-order chi connectivity index (χ1) is 9.72. The van der Waals surface area contributed by atoms with Gasteiger partial charge in [0.05, 0.1) is 6.04 Å². The largest absolute Gasteiger partial charge is 0.331 e. The van der Waals surface area contributed by atoms with Crippen LogP contribution in [-0.4, -0.2) is 28.8 Å². The van der Waals surface area contributed by atoms with Crippen molar-refractivity contribution in [3.05, 3.63) is 0 Å². The third-order valence-electron chi connectivity index (χ3n) is 6.70. The minimum Gasteiger partial charge on any atom is -0.277 e. The second-order valence-electron chi connectivity index (χ2n) is 8.33. The summed E-state index contributed by atoms with van der Waals surface area (Å²) in [6, 6.07) is -0.601. The van der Waals surface area contributed by atoms with Gasteiger partial charge in [0.1, 0.15) is 5.41 Å². The molecule has 5 heteroatoms. The third-order valence-corrected chi connectivity index (χ3v) is 6.70. The molecule has 3 aliphatic carbocycles. The highest BCUT2D eigenvalue weighted by atomic mass is 16.2. The lowest BCUT2D eigenvalue weighted by molar-refractivity contribution is -0.150. The second-order valence-corrected chi connectivity index (χ2v) is 8.33. The molecule has 4 amide bonds. The zero-order valence-corrected chi connectivity index (χ0v) is 12.9. The lowest BCUT2D eigenvalue weighted by Gasteiger charge is -2.49. The number of imide groups is 2. The van der Waals surface area contributed by atoms with Gasteiger partial charge in [0.15, 0.2) is 0 Å². The van der Waals surface area contributed by atoms with Crippen LogP contribution >= 0.6 is 0 Å². The topological polar surface area (TPSA) is 66.5 Å². The van der Waals surface area contributed by atoms with Gasteiger partial charge in [-0.15, -0.1) is 0 Å². The zero-order chi connectivity index (χ0) is 15.2. The SMILES string of the molecule is CC12CCC(C1)C(C)(C)C2N1C(=O)NC(=O)C2(CC2)C1=O. The lowest BCUT2D eigenvalue weighted by atomic mass is 9.67. The van der Waals surface area contributed by atoms with Gasteiger partial charge in [0, 0.05) is 0 Å². The summed E-state index contributed by atoms with van der Waals surface area (Å²) in [6.45, 7) is 6.54. The summed E-state index contributed by atoms with van der Waals surface area (Å²) < 4.78 is 0. The lowest BCUT2D eigenvalue weighted by Crippen LogP contribution is -2.66. The van der Waals surface area contributed by atoms with Crippen LogP contribution < -0.4 is 5.32 Å². The Morgan fingerprint density at radius 2 is 1.76 bits per heavy atom. The fraction of sp³-hybridized carbons (Fsp3) is 0.812. The van der Waals surface area contributed by atoms with Gasteiger partial charge in [-0.05, 0) is 48.9 Å². The average Bonchev–Trinajstić information content (AvgIpc) is 3.05. The summed E-state index contributed by atoms with van der Waals surface area (Å²) >= 11 is 0. The molecule has 5 nitrogen and oxygen atoms in total. The molecule has 1 saturated heterocycles. The van der Waals surface area contributed by atoms with Crippen molar-refractivity contribution in [1.82, 2.24) is 10.2 Å². The molecule has 1 heterocycles. The van der Waals surface area contributed by atoms with E-state index in [-0.39, 0.29) is 28.7 Å². The maximum atomic E-state index is 12.9. The van der Waals surface area contributed by atoms with E-state index in [1.54, 1.807) is 0 Å². The molecule has 1 N–H and O–H groups in total. The van der Waals surface area contributed by atoms with Crippen LogP contribution in [0.25, 0.3) is 0 Å². The highest BCUT2D eigenvalue weighted by Crippen LogP contribution is 2.65. The van der Waals surface area contributed by atoms with Crippen LogP contribution in [0.3, 0.4) is 0 Å². The number of hydrogen-bond acceptors (Lipinski definition) is 3. The first-order valence-electron chi connectivity index (χ1n) is 7.91. The van der Waals surface area contributed by atoms with E-state index in [2.05, 4.69) is 26.1 Å². The molecular weight excluding hydrogens is 268 g/mol. The van der Waals surface area contributed by atoms with Crippen LogP contribution in [0.2, 0.25) is 0 Å². The molecule has 1 spiro atoms. The molecule has 1 aliphatic heterocycles. The van der Waals surface area contributed by atoms with Crippen LogP contribution in [0, 0.1) is 22.2 Å². The first-order valence-corrected chi connectivity index (χ1v) is 7.91. The van der Waals surface area contributed by atoms with Gasteiger partial charge in [-0.25, -0.2) is 4.79 Å². The van der Waals surface area contributed by atoms with Crippen molar-refractivity contribution in [3.8, 4) is 0 Å². The maximum absolute atomic E-state index is 12.9. The number of nitrogens with one attached hydrogen (secondary N) is 1. The van der Waals surface area contributed by atoms with E-state index in [0.29, 0.717) is 18.8 Å². The smallest absolute Gasteiger partial charge is 0.277 e. The molecule has 3 atom stereocenters. The van der Waals surface area contributed by atoms with Crippen molar-refractivity contribution < 1.29 is 14.4 Å². The van der Waals surface area contributed by atoms with Gasteiger partial charge in [0.2, 0.25) is 11.8 Å². The Bertz CT molecular complexity index is 573. The van der Waals surface area contributed by atoms with E-state index in [9.17, 15) is 14.4 Å². The Morgan fingerprint density at radius 3 is 2.29 bits per heavy atom. The van der Waals surface area contributed by atoms with E-state index >= 15 is 0 Å². The third kappa shape index (κ3) is 1.40. The van der Waals surface area contributed by atoms with Crippen LogP contribution in [-0.2, 0) is 9.59 Å². The van der Waals surface area contributed by atoms with Crippen LogP contribution in [0.15, 0.2) is 0 Å². The number of rotatable bonds is 1. The van der Waals surface area contributed by atoms with Crippen molar-refractivity contribution in [2.24, 2.45) is 22.2 Å². The van der Waals surface area contributed by atoms with Gasteiger partial charge >= 0.3 is 6.03 Å². The quantitative estimate of drug-likeness (QED) is 0.752. The molecule has 4 aliphatic rings. The molecule has 0 aromatic carbocycles. The van der Waals surface area contributed by atoms with Gasteiger partial charge in [-0.1, -0.05) is 20.8 Å². The minimum atomic E-state index is -0.928. The Balaban J connectivity index is 1.77. The summed E-state index contributed by atoms with van der Waals surface area (Å²) in [5, 5.41) is 2.43. The van der Waals surface area contributed by atoms with Gasteiger partial charge in [0.25, 0.3) is 0 Å². The number of barbiturate groups is 1. The van der Waals surface area contributed by atoms with Crippen molar-refractivity contribution in [2.45, 2.75) is 58.9 Å². The average molecular weight is 290 g/mol. The number of carbonyl (C=O) groups excluding carboxylic acids is 3. The van der Waals surface area contributed by atoms with E-state index < -0.39 is 11.4 Å². The highest BCUT2D eigenvalue weighted by molar-refractivity contribution is 6.21. The van der Waals surface area contributed by atoms with Crippen LogP contribution in [0.4, 0.5) is 4.79 Å². The van der Waals surface area contributed by atoms with E-state index in [4.69, 9.17) is 0 Å². The summed E-state index contributed by atoms with van der Waals surface area (Å²) in [7, 11) is 0. The van der Waals surface area contributed by atoms with Crippen LogP contribution in [0.5, 0.6) is 0 Å². The maximum Gasteiger partial charge on any atom is 0.331 e. The molecular formula is C16H22N2O3. The molecule has 0 radical (unpaired) electrons. The van der Waals surface area contributed by atoms with Crippen molar-refractivity contribution in [3.63, 3.8) is 0 Å². The van der Waals surface area contributed by atoms with Gasteiger partial charge in [-0.2, -0.15) is 0 Å². The molecule has 4 fully saturated rings. The highest BCUT2D eigenvalue weighted by Gasteiger charge is 2.69. The van der Waals surface area contributed by atoms with Crippen LogP contribution in [0.1, 0.15) is 52.9 Å². The molecule has 3 unspecified atom stereocenters. The number of fused-ring (bicyclic) bond motifs is 2. The monoisotopic (exact) mass is 290 g/mol. The normalized spacial score (nSPS) is 42.6. The number of amides is 4. The van der Waals surface area contributed by atoms with Crippen molar-refractivity contribution in [1.29, 1.82) is 0 Å². The standard InChI is InChI=1S/C16H22N2O3/c1-14(2)9-4-5-15(3,8-9)10(14)18-12(20)16(6-7-16)11(19)17-13(18)21/h9-10H,4-8H2,1-3H3,(H,17,19,21). The Morgan fingerprint density at radius 1 is 1.10 bits per heavy atom. The predicted molar refractivity (Wildman–Crippen MR) is 75.1 cm³/mol. The van der Waals surface area contributed by atoms with E-state index in [0.717, 1.165) is 12.8 Å². The fourth-order valence-corrected chi connectivity index (χ4v) is 5.42. The van der Waals surface area contributed by atoms with Gasteiger partial charge in [-0.3, -0.25) is 19.8 Å². The zero-order valence-electron chi connectivity index (χ0n) is 12.9. The minimum absolute atomic E-state index is 0.00235. The van der Waals surface area contributed by atoms with Crippen molar-refractivity contribution >= 4 is 17.8 Å². The number of carbonyl (C=O) groups is 3.